The summed E-state index contributed by atoms with van der Waals surface area (Å²) in [5.74, 6) is -0.630. The number of alkyl halides is 2. The monoisotopic (exact) mass is 284 g/mol. The van der Waals surface area contributed by atoms with Gasteiger partial charge in [-0.15, -0.1) is 0 Å². The first kappa shape index (κ1) is 13.7. The fraction of sp³-hybridized carbons (Fsp3) is 0.667. The van der Waals surface area contributed by atoms with Crippen molar-refractivity contribution in [3.63, 3.8) is 0 Å². The maximum atomic E-state index is 13.0. The van der Waals surface area contributed by atoms with Gasteiger partial charge in [-0.3, -0.25) is 0 Å². The van der Waals surface area contributed by atoms with Crippen LogP contribution in [0.3, 0.4) is 0 Å². The molecule has 0 aromatic rings. The van der Waals surface area contributed by atoms with Crippen molar-refractivity contribution in [2.45, 2.75) is 56.8 Å². The van der Waals surface area contributed by atoms with Crippen LogP contribution in [0, 0.1) is 5.92 Å². The van der Waals surface area contributed by atoms with Gasteiger partial charge in [-0.25, -0.2) is 13.6 Å². The zero-order valence-electron chi connectivity index (χ0n) is 11.4. The van der Waals surface area contributed by atoms with Gasteiger partial charge in [0.15, 0.2) is 0 Å². The lowest BCUT2D eigenvalue weighted by Crippen LogP contribution is -2.29. The van der Waals surface area contributed by atoms with E-state index in [4.69, 9.17) is 9.47 Å². The molecule has 2 aliphatic heterocycles. The van der Waals surface area contributed by atoms with E-state index in [0.717, 1.165) is 0 Å². The number of rotatable bonds is 1. The largest absolute Gasteiger partial charge is 0.455 e. The van der Waals surface area contributed by atoms with E-state index in [9.17, 15) is 13.6 Å². The maximum absolute atomic E-state index is 13.0. The normalized spacial score (nSPS) is 43.4. The van der Waals surface area contributed by atoms with Crippen LogP contribution >= 0.6 is 0 Å². The Labute approximate surface area is 116 Å². The van der Waals surface area contributed by atoms with E-state index in [1.807, 2.05) is 6.92 Å². The third-order valence-electron chi connectivity index (χ3n) is 4.66. The van der Waals surface area contributed by atoms with Crippen molar-refractivity contribution in [1.29, 1.82) is 0 Å². The third kappa shape index (κ3) is 2.18. The highest BCUT2D eigenvalue weighted by Gasteiger charge is 2.61. The Kier molecular flexibility index (Phi) is 3.20. The number of fused-ring (bicyclic) bond motifs is 3. The Morgan fingerprint density at radius 1 is 1.50 bits per heavy atom. The van der Waals surface area contributed by atoms with Crippen molar-refractivity contribution in [2.75, 3.05) is 0 Å². The second-order valence-electron chi connectivity index (χ2n) is 6.01. The zero-order chi connectivity index (χ0) is 14.5. The number of allylic oxidation sites excluding steroid dienone is 2. The summed E-state index contributed by atoms with van der Waals surface area (Å²) >= 11 is 0. The minimum atomic E-state index is -2.44. The van der Waals surface area contributed by atoms with Crippen molar-refractivity contribution in [3.8, 4) is 0 Å². The van der Waals surface area contributed by atoms with E-state index in [0.29, 0.717) is 24.8 Å². The molecule has 0 saturated carbocycles. The topological polar surface area (TPSA) is 38.8 Å². The summed E-state index contributed by atoms with van der Waals surface area (Å²) in [6, 6.07) is 0. The second-order valence-corrected chi connectivity index (χ2v) is 6.01. The van der Waals surface area contributed by atoms with Gasteiger partial charge >= 0.3 is 5.97 Å². The van der Waals surface area contributed by atoms with E-state index in [1.54, 1.807) is 6.08 Å². The number of epoxide rings is 1. The highest BCUT2D eigenvalue weighted by atomic mass is 19.3. The molecule has 1 aliphatic carbocycles. The molecule has 3 aliphatic rings. The number of esters is 1. The van der Waals surface area contributed by atoms with Crippen molar-refractivity contribution >= 4 is 5.97 Å². The van der Waals surface area contributed by atoms with E-state index < -0.39 is 12.4 Å². The highest BCUT2D eigenvalue weighted by molar-refractivity contribution is 5.91. The fourth-order valence-electron chi connectivity index (χ4n) is 3.28. The lowest BCUT2D eigenvalue weighted by atomic mass is 9.84. The molecule has 110 valence electrons. The van der Waals surface area contributed by atoms with Gasteiger partial charge in [-0.2, -0.15) is 0 Å². The number of hydrogen-bond acceptors (Lipinski definition) is 3. The molecule has 5 heteroatoms. The van der Waals surface area contributed by atoms with Gasteiger partial charge in [0, 0.05) is 11.5 Å². The number of carbonyl (C=O) groups excluding carboxylic acids is 1. The van der Waals surface area contributed by atoms with Gasteiger partial charge in [0.25, 0.3) is 6.43 Å². The van der Waals surface area contributed by atoms with E-state index in [2.05, 4.69) is 6.58 Å². The molecule has 0 bridgehead atoms. The molecule has 3 nitrogen and oxygen atoms in total. The van der Waals surface area contributed by atoms with Crippen molar-refractivity contribution < 1.29 is 23.0 Å². The van der Waals surface area contributed by atoms with Crippen molar-refractivity contribution in [1.82, 2.24) is 0 Å². The Bertz CT molecular complexity index is 486. The molecule has 2 fully saturated rings. The number of carbonyl (C=O) groups is 1. The molecule has 3 rings (SSSR count). The molecule has 0 N–H and O–H groups in total. The average Bonchev–Trinajstić information content (AvgIpc) is 2.97. The summed E-state index contributed by atoms with van der Waals surface area (Å²) in [6.07, 6.45) is 0.659. The molecular weight excluding hydrogens is 266 g/mol. The standard InChI is InChI=1S/C15H18F2O3/c1-8-10-6-5-9(13(16)17)4-3-7-15(2)12(20-15)11(10)19-14(8)18/h4,10-13H,1,3,5-7H2,2H3/b9-4+/t10-,11-,12+,15+/m0/s1. The second kappa shape index (κ2) is 4.65. The quantitative estimate of drug-likeness (QED) is 0.321. The first-order valence-corrected chi connectivity index (χ1v) is 6.97. The van der Waals surface area contributed by atoms with Gasteiger partial charge in [0.1, 0.15) is 12.2 Å². The Hall–Kier alpha value is -1.23. The number of halogens is 2. The van der Waals surface area contributed by atoms with Crippen LogP contribution in [-0.4, -0.2) is 30.2 Å². The lowest BCUT2D eigenvalue weighted by molar-refractivity contribution is -0.140. The molecule has 0 aromatic carbocycles. The lowest BCUT2D eigenvalue weighted by Gasteiger charge is -2.19. The molecule has 20 heavy (non-hydrogen) atoms. The van der Waals surface area contributed by atoms with Gasteiger partial charge < -0.3 is 9.47 Å². The van der Waals surface area contributed by atoms with Gasteiger partial charge in [-0.05, 0) is 38.2 Å². The van der Waals surface area contributed by atoms with E-state index >= 15 is 0 Å². The predicted molar refractivity (Wildman–Crippen MR) is 68.3 cm³/mol. The SMILES string of the molecule is C=C1C(=O)O[C@@H]2[C@H]3O[C@]3(C)CC/C=C(/C(F)F)CC[C@@H]12. The summed E-state index contributed by atoms with van der Waals surface area (Å²) in [5, 5.41) is 0. The Morgan fingerprint density at radius 3 is 2.95 bits per heavy atom. The molecule has 4 atom stereocenters. The summed E-state index contributed by atoms with van der Waals surface area (Å²) in [5.41, 5.74) is 0.176. The molecule has 0 aromatic heterocycles. The van der Waals surface area contributed by atoms with Gasteiger partial charge in [-0.1, -0.05) is 12.7 Å². The molecule has 2 heterocycles. The van der Waals surface area contributed by atoms with Crippen LogP contribution < -0.4 is 0 Å². The molecule has 0 spiro atoms. The highest BCUT2D eigenvalue weighted by Crippen LogP contribution is 2.49. The third-order valence-corrected chi connectivity index (χ3v) is 4.66. The summed E-state index contributed by atoms with van der Waals surface area (Å²) in [6.45, 7) is 5.70. The van der Waals surface area contributed by atoms with E-state index in [1.165, 1.54) is 0 Å². The summed E-state index contributed by atoms with van der Waals surface area (Å²) < 4.78 is 37.0. The van der Waals surface area contributed by atoms with E-state index in [-0.39, 0.29) is 35.7 Å². The first-order valence-electron chi connectivity index (χ1n) is 6.97. The summed E-state index contributed by atoms with van der Waals surface area (Å²) in [4.78, 5) is 11.7. The maximum Gasteiger partial charge on any atom is 0.334 e. The molecule has 2 saturated heterocycles. The van der Waals surface area contributed by atoms with Crippen LogP contribution in [0.4, 0.5) is 8.78 Å². The van der Waals surface area contributed by atoms with Crippen molar-refractivity contribution in [2.24, 2.45) is 5.92 Å². The van der Waals surface area contributed by atoms with Crippen LogP contribution in [0.1, 0.15) is 32.6 Å². The van der Waals surface area contributed by atoms with Crippen LogP contribution in [-0.2, 0) is 14.3 Å². The Balaban J connectivity index is 1.86. The zero-order valence-corrected chi connectivity index (χ0v) is 11.4. The molecule has 0 unspecified atom stereocenters. The smallest absolute Gasteiger partial charge is 0.334 e. The number of ether oxygens (including phenoxy) is 2. The molecule has 0 amide bonds. The Morgan fingerprint density at radius 2 is 2.25 bits per heavy atom. The fourth-order valence-corrected chi connectivity index (χ4v) is 3.28. The minimum Gasteiger partial charge on any atom is -0.455 e. The van der Waals surface area contributed by atoms with Crippen LogP contribution in [0.25, 0.3) is 0 Å². The summed E-state index contributed by atoms with van der Waals surface area (Å²) in [7, 11) is 0. The average molecular weight is 284 g/mol. The van der Waals surface area contributed by atoms with Gasteiger partial charge in [0.2, 0.25) is 0 Å². The van der Waals surface area contributed by atoms with Crippen LogP contribution in [0.5, 0.6) is 0 Å². The molecular formula is C15H18F2O3. The van der Waals surface area contributed by atoms with Crippen LogP contribution in [0.2, 0.25) is 0 Å². The van der Waals surface area contributed by atoms with Crippen LogP contribution in [0.15, 0.2) is 23.8 Å². The van der Waals surface area contributed by atoms with Crippen molar-refractivity contribution in [3.05, 3.63) is 23.8 Å². The molecule has 0 radical (unpaired) electrons. The number of hydrogen-bond donors (Lipinski definition) is 0. The minimum absolute atomic E-state index is 0.128. The first-order chi connectivity index (χ1) is 9.42. The van der Waals surface area contributed by atoms with Gasteiger partial charge in [0.05, 0.1) is 5.60 Å². The predicted octanol–water partition coefficient (Wildman–Crippen LogP) is 3.01.